The van der Waals surface area contributed by atoms with E-state index in [1.165, 1.54) is 17.3 Å². The van der Waals surface area contributed by atoms with Crippen LogP contribution in [0.1, 0.15) is 22.3 Å². The van der Waals surface area contributed by atoms with Gasteiger partial charge in [-0.05, 0) is 67.6 Å². The Labute approximate surface area is 191 Å². The Morgan fingerprint density at radius 1 is 1.00 bits per heavy atom. The average Bonchev–Trinajstić information content (AvgIpc) is 3.09. The highest BCUT2D eigenvalue weighted by Gasteiger charge is 2.24. The second-order valence-corrected chi connectivity index (χ2v) is 8.74. The van der Waals surface area contributed by atoms with E-state index in [9.17, 15) is 4.79 Å². The number of nitrogens with zero attached hydrogens (tertiary/aromatic N) is 1. The number of carbonyl (C=O) groups excluding carboxylic acids is 1. The monoisotopic (exact) mass is 448 g/mol. The fraction of sp³-hybridized carbons (Fsp3) is 0.120. The molecule has 0 saturated carbocycles. The summed E-state index contributed by atoms with van der Waals surface area (Å²) in [6, 6.07) is 21.4. The van der Waals surface area contributed by atoms with Crippen molar-refractivity contribution >= 4 is 46.2 Å². The van der Waals surface area contributed by atoms with E-state index in [1.54, 1.807) is 18.2 Å². The first-order valence-electron chi connectivity index (χ1n) is 9.80. The van der Waals surface area contributed by atoms with Gasteiger partial charge in [-0.3, -0.25) is 4.79 Å². The molecule has 3 aromatic carbocycles. The summed E-state index contributed by atoms with van der Waals surface area (Å²) in [4.78, 5) is 17.5. The number of carbonyl (C=O) groups is 1. The van der Waals surface area contributed by atoms with Crippen molar-refractivity contribution in [2.24, 2.45) is 4.99 Å². The Hall–Kier alpha value is -3.02. The largest absolute Gasteiger partial charge is 0.488 e. The molecule has 4 nitrogen and oxygen atoms in total. The smallest absolute Gasteiger partial charge is 0.264 e. The lowest BCUT2D eigenvalue weighted by Gasteiger charge is -2.10. The predicted octanol–water partition coefficient (Wildman–Crippen LogP) is 6.43. The maximum absolute atomic E-state index is 12.5. The minimum atomic E-state index is -0.194. The van der Waals surface area contributed by atoms with Crippen molar-refractivity contribution in [1.82, 2.24) is 5.32 Å². The molecule has 0 unspecified atom stereocenters. The molecule has 31 heavy (non-hydrogen) atoms. The number of aryl methyl sites for hydroxylation is 2. The van der Waals surface area contributed by atoms with Crippen LogP contribution >= 0.6 is 23.4 Å². The summed E-state index contributed by atoms with van der Waals surface area (Å²) in [6.07, 6.45) is 1.79. The van der Waals surface area contributed by atoms with Crippen molar-refractivity contribution in [3.63, 3.8) is 0 Å². The molecule has 6 heteroatoms. The van der Waals surface area contributed by atoms with E-state index in [-0.39, 0.29) is 5.91 Å². The van der Waals surface area contributed by atoms with E-state index < -0.39 is 0 Å². The summed E-state index contributed by atoms with van der Waals surface area (Å²) in [5.74, 6) is 0.468. The maximum Gasteiger partial charge on any atom is 0.264 e. The predicted molar refractivity (Wildman–Crippen MR) is 129 cm³/mol. The van der Waals surface area contributed by atoms with E-state index in [0.29, 0.717) is 27.5 Å². The van der Waals surface area contributed by atoms with Crippen LogP contribution in [-0.4, -0.2) is 11.1 Å². The number of amides is 1. The van der Waals surface area contributed by atoms with E-state index in [2.05, 4.69) is 29.4 Å². The third kappa shape index (κ3) is 5.57. The summed E-state index contributed by atoms with van der Waals surface area (Å²) >= 11 is 7.50. The van der Waals surface area contributed by atoms with Crippen LogP contribution in [0.2, 0.25) is 5.02 Å². The van der Waals surface area contributed by atoms with Crippen molar-refractivity contribution < 1.29 is 9.53 Å². The Morgan fingerprint density at radius 3 is 2.39 bits per heavy atom. The fourth-order valence-electron chi connectivity index (χ4n) is 2.97. The average molecular weight is 449 g/mol. The second-order valence-electron chi connectivity index (χ2n) is 7.27. The molecule has 1 aliphatic rings. The van der Waals surface area contributed by atoms with Crippen LogP contribution in [0, 0.1) is 13.8 Å². The van der Waals surface area contributed by atoms with Crippen LogP contribution in [0.15, 0.2) is 76.6 Å². The van der Waals surface area contributed by atoms with Gasteiger partial charge in [-0.15, -0.1) is 0 Å². The summed E-state index contributed by atoms with van der Waals surface area (Å²) < 4.78 is 6.02. The van der Waals surface area contributed by atoms with Crippen LogP contribution in [0.5, 0.6) is 5.75 Å². The first-order valence-corrected chi connectivity index (χ1v) is 11.0. The van der Waals surface area contributed by atoms with E-state index in [4.69, 9.17) is 16.3 Å². The SMILES string of the molecule is Cc1ccc(COc2ccc(Cl)cc2C=C2SC(=Nc3ccc(C)cc3)NC2=O)cc1. The number of hydrogen-bond donors (Lipinski definition) is 1. The van der Waals surface area contributed by atoms with Crippen LogP contribution < -0.4 is 10.1 Å². The highest BCUT2D eigenvalue weighted by atomic mass is 35.5. The van der Waals surface area contributed by atoms with Gasteiger partial charge in [0.1, 0.15) is 12.4 Å². The van der Waals surface area contributed by atoms with Crippen LogP contribution in [0.3, 0.4) is 0 Å². The second kappa shape index (κ2) is 9.41. The molecule has 1 amide bonds. The summed E-state index contributed by atoms with van der Waals surface area (Å²) in [5, 5.41) is 3.94. The molecule has 1 fully saturated rings. The number of aliphatic imine (C=N–C) groups is 1. The molecule has 1 aliphatic heterocycles. The molecular formula is C25H21ClN2O2S. The first kappa shape index (κ1) is 21.2. The van der Waals surface area contributed by atoms with E-state index >= 15 is 0 Å². The van der Waals surface area contributed by atoms with Crippen molar-refractivity contribution in [3.05, 3.63) is 98.9 Å². The number of amidine groups is 1. The number of ether oxygens (including phenoxy) is 1. The van der Waals surface area contributed by atoms with Crippen LogP contribution in [0.4, 0.5) is 5.69 Å². The Kier molecular flexibility index (Phi) is 6.44. The van der Waals surface area contributed by atoms with Crippen molar-refractivity contribution in [3.8, 4) is 5.75 Å². The lowest BCUT2D eigenvalue weighted by molar-refractivity contribution is -0.115. The molecule has 0 bridgehead atoms. The van der Waals surface area contributed by atoms with Gasteiger partial charge in [-0.25, -0.2) is 4.99 Å². The van der Waals surface area contributed by atoms with Gasteiger partial charge in [0, 0.05) is 10.6 Å². The molecule has 156 valence electrons. The number of thioether (sulfide) groups is 1. The normalized spacial score (nSPS) is 16.0. The molecule has 0 aliphatic carbocycles. The number of benzene rings is 3. The fourth-order valence-corrected chi connectivity index (χ4v) is 3.98. The molecule has 1 saturated heterocycles. The van der Waals surface area contributed by atoms with Crippen molar-refractivity contribution in [2.75, 3.05) is 0 Å². The van der Waals surface area contributed by atoms with Crippen LogP contribution in [0.25, 0.3) is 6.08 Å². The maximum atomic E-state index is 12.5. The molecule has 0 atom stereocenters. The van der Waals surface area contributed by atoms with Crippen molar-refractivity contribution in [1.29, 1.82) is 0 Å². The Morgan fingerprint density at radius 2 is 1.68 bits per heavy atom. The van der Waals surface area contributed by atoms with Gasteiger partial charge in [-0.2, -0.15) is 0 Å². The molecule has 1 N–H and O–H groups in total. The summed E-state index contributed by atoms with van der Waals surface area (Å²) in [5.41, 5.74) is 4.97. The lowest BCUT2D eigenvalue weighted by atomic mass is 10.1. The van der Waals surface area contributed by atoms with E-state index in [1.807, 2.05) is 49.4 Å². The topological polar surface area (TPSA) is 50.7 Å². The van der Waals surface area contributed by atoms with Gasteiger partial charge >= 0.3 is 0 Å². The minimum Gasteiger partial charge on any atom is -0.488 e. The third-order valence-electron chi connectivity index (χ3n) is 4.69. The number of rotatable bonds is 5. The quantitative estimate of drug-likeness (QED) is 0.457. The number of hydrogen-bond acceptors (Lipinski definition) is 4. The number of halogens is 1. The lowest BCUT2D eigenvalue weighted by Crippen LogP contribution is -2.19. The highest BCUT2D eigenvalue weighted by molar-refractivity contribution is 8.18. The zero-order valence-electron chi connectivity index (χ0n) is 17.2. The molecule has 0 aromatic heterocycles. The zero-order chi connectivity index (χ0) is 21.8. The van der Waals surface area contributed by atoms with Gasteiger partial charge in [-0.1, -0.05) is 59.1 Å². The molecule has 0 spiro atoms. The molecular weight excluding hydrogens is 428 g/mol. The van der Waals surface area contributed by atoms with Crippen molar-refractivity contribution in [2.45, 2.75) is 20.5 Å². The Bertz CT molecular complexity index is 1170. The van der Waals surface area contributed by atoms with Gasteiger partial charge in [0.15, 0.2) is 5.17 Å². The van der Waals surface area contributed by atoms with Gasteiger partial charge in [0.05, 0.1) is 10.6 Å². The van der Waals surface area contributed by atoms with Gasteiger partial charge in [0.2, 0.25) is 0 Å². The van der Waals surface area contributed by atoms with Gasteiger partial charge in [0.25, 0.3) is 5.91 Å². The molecule has 4 rings (SSSR count). The third-order valence-corrected chi connectivity index (χ3v) is 5.83. The standard InChI is InChI=1S/C25H21ClN2O2S/c1-16-3-7-18(8-4-16)15-30-22-12-9-20(26)13-19(22)14-23-24(29)28-25(31-23)27-21-10-5-17(2)6-11-21/h3-14H,15H2,1-2H3,(H,27,28,29). The zero-order valence-corrected chi connectivity index (χ0v) is 18.8. The summed E-state index contributed by atoms with van der Waals surface area (Å²) in [6.45, 7) is 4.50. The Balaban J connectivity index is 1.54. The number of nitrogens with one attached hydrogen (secondary N) is 1. The summed E-state index contributed by atoms with van der Waals surface area (Å²) in [7, 11) is 0. The first-order chi connectivity index (χ1) is 15.0. The van der Waals surface area contributed by atoms with E-state index in [0.717, 1.165) is 22.4 Å². The minimum absolute atomic E-state index is 0.194. The molecule has 3 aromatic rings. The highest BCUT2D eigenvalue weighted by Crippen LogP contribution is 2.32. The van der Waals surface area contributed by atoms with Crippen LogP contribution in [-0.2, 0) is 11.4 Å². The molecule has 0 radical (unpaired) electrons. The van der Waals surface area contributed by atoms with Gasteiger partial charge < -0.3 is 10.1 Å². The molecule has 1 heterocycles.